The molecule has 2 aromatic carbocycles. The summed E-state index contributed by atoms with van der Waals surface area (Å²) in [7, 11) is 0. The van der Waals surface area contributed by atoms with Crippen LogP contribution in [0.15, 0.2) is 81.3 Å². The number of para-hydroxylation sites is 2. The van der Waals surface area contributed by atoms with E-state index in [0.717, 1.165) is 17.1 Å². The van der Waals surface area contributed by atoms with Crippen LogP contribution < -0.4 is 10.3 Å². The van der Waals surface area contributed by atoms with Gasteiger partial charge < -0.3 is 9.15 Å². The zero-order valence-corrected chi connectivity index (χ0v) is 16.3. The maximum absolute atomic E-state index is 13.1. The summed E-state index contributed by atoms with van der Waals surface area (Å²) in [6, 6.07) is 19.0. The second-order valence-corrected chi connectivity index (χ2v) is 7.15. The Morgan fingerprint density at radius 3 is 2.71 bits per heavy atom. The van der Waals surface area contributed by atoms with E-state index in [0.29, 0.717) is 35.0 Å². The zero-order valence-electron chi connectivity index (χ0n) is 15.5. The first kappa shape index (κ1) is 18.4. The Balaban J connectivity index is 1.72. The van der Waals surface area contributed by atoms with E-state index >= 15 is 0 Å². The fourth-order valence-electron chi connectivity index (χ4n) is 3.02. The molecule has 0 radical (unpaired) electrons. The quantitative estimate of drug-likeness (QED) is 0.336. The number of fused-ring (bicyclic) bond motifs is 1. The SMILES string of the molecule is CCOc1ccccc1CSc1nc2ccccc2c(=O)n1Cc1ccco1. The van der Waals surface area contributed by atoms with Gasteiger partial charge in [0.1, 0.15) is 11.5 Å². The van der Waals surface area contributed by atoms with E-state index in [1.54, 1.807) is 10.8 Å². The second-order valence-electron chi connectivity index (χ2n) is 6.21. The Kier molecular flexibility index (Phi) is 5.48. The number of furan rings is 1. The fraction of sp³-hybridized carbons (Fsp3) is 0.182. The van der Waals surface area contributed by atoms with Crippen LogP contribution in [0.3, 0.4) is 0 Å². The van der Waals surface area contributed by atoms with Crippen molar-refractivity contribution in [2.24, 2.45) is 0 Å². The minimum atomic E-state index is -0.0670. The Morgan fingerprint density at radius 1 is 1.07 bits per heavy atom. The van der Waals surface area contributed by atoms with Gasteiger partial charge in [0.15, 0.2) is 5.16 Å². The lowest BCUT2D eigenvalue weighted by Crippen LogP contribution is -2.23. The first-order valence-electron chi connectivity index (χ1n) is 9.11. The summed E-state index contributed by atoms with van der Waals surface area (Å²) >= 11 is 1.52. The Bertz CT molecular complexity index is 1140. The molecule has 0 bridgehead atoms. The van der Waals surface area contributed by atoms with Crippen molar-refractivity contribution in [3.8, 4) is 5.75 Å². The van der Waals surface area contributed by atoms with Crippen molar-refractivity contribution in [3.63, 3.8) is 0 Å². The van der Waals surface area contributed by atoms with Crippen LogP contribution in [0, 0.1) is 0 Å². The average Bonchev–Trinajstić information content (AvgIpc) is 3.23. The van der Waals surface area contributed by atoms with Crippen LogP contribution in [0.5, 0.6) is 5.75 Å². The van der Waals surface area contributed by atoms with Crippen LogP contribution in [-0.4, -0.2) is 16.2 Å². The first-order chi connectivity index (χ1) is 13.8. The highest BCUT2D eigenvalue weighted by Crippen LogP contribution is 2.28. The summed E-state index contributed by atoms with van der Waals surface area (Å²) in [5.74, 6) is 2.23. The molecule has 0 fully saturated rings. The minimum Gasteiger partial charge on any atom is -0.494 e. The molecular formula is C22H20N2O3S. The van der Waals surface area contributed by atoms with Crippen LogP contribution in [-0.2, 0) is 12.3 Å². The van der Waals surface area contributed by atoms with E-state index < -0.39 is 0 Å². The molecule has 5 nitrogen and oxygen atoms in total. The van der Waals surface area contributed by atoms with E-state index in [9.17, 15) is 4.79 Å². The third-order valence-electron chi connectivity index (χ3n) is 4.35. The lowest BCUT2D eigenvalue weighted by Gasteiger charge is -2.13. The van der Waals surface area contributed by atoms with Crippen molar-refractivity contribution in [1.29, 1.82) is 0 Å². The molecule has 2 heterocycles. The number of benzene rings is 2. The van der Waals surface area contributed by atoms with Gasteiger partial charge in [-0.2, -0.15) is 0 Å². The van der Waals surface area contributed by atoms with Crippen molar-refractivity contribution in [3.05, 3.63) is 88.6 Å². The summed E-state index contributed by atoms with van der Waals surface area (Å²) in [5.41, 5.74) is 1.70. The van der Waals surface area contributed by atoms with Gasteiger partial charge in [0.2, 0.25) is 0 Å². The Morgan fingerprint density at radius 2 is 1.89 bits per heavy atom. The molecule has 0 unspecified atom stereocenters. The van der Waals surface area contributed by atoms with Gasteiger partial charge in [-0.3, -0.25) is 9.36 Å². The molecule has 0 atom stereocenters. The highest BCUT2D eigenvalue weighted by molar-refractivity contribution is 7.98. The fourth-order valence-corrected chi connectivity index (χ4v) is 4.01. The number of nitrogens with zero attached hydrogens (tertiary/aromatic N) is 2. The third kappa shape index (κ3) is 3.82. The molecule has 0 saturated carbocycles. The zero-order chi connectivity index (χ0) is 19.3. The van der Waals surface area contributed by atoms with Gasteiger partial charge in [-0.25, -0.2) is 4.98 Å². The molecule has 0 spiro atoms. The molecule has 4 aromatic rings. The summed E-state index contributed by atoms with van der Waals surface area (Å²) in [6.07, 6.45) is 1.61. The summed E-state index contributed by atoms with van der Waals surface area (Å²) in [6.45, 7) is 2.92. The molecule has 2 aromatic heterocycles. The van der Waals surface area contributed by atoms with E-state index in [4.69, 9.17) is 14.1 Å². The van der Waals surface area contributed by atoms with Gasteiger partial charge in [0, 0.05) is 11.3 Å². The largest absolute Gasteiger partial charge is 0.494 e. The third-order valence-corrected chi connectivity index (χ3v) is 5.38. The molecule has 0 amide bonds. The topological polar surface area (TPSA) is 57.3 Å². The molecule has 6 heteroatoms. The highest BCUT2D eigenvalue weighted by atomic mass is 32.2. The molecule has 4 rings (SSSR count). The molecule has 0 N–H and O–H groups in total. The molecule has 0 saturated heterocycles. The number of ether oxygens (including phenoxy) is 1. The van der Waals surface area contributed by atoms with Crippen molar-refractivity contribution >= 4 is 22.7 Å². The molecule has 28 heavy (non-hydrogen) atoms. The minimum absolute atomic E-state index is 0.0670. The van der Waals surface area contributed by atoms with Gasteiger partial charge in [0.25, 0.3) is 5.56 Å². The van der Waals surface area contributed by atoms with Crippen LogP contribution in [0.4, 0.5) is 0 Å². The molecule has 142 valence electrons. The molecule has 0 aliphatic rings. The van der Waals surface area contributed by atoms with Crippen molar-refractivity contribution < 1.29 is 9.15 Å². The predicted octanol–water partition coefficient (Wildman–Crippen LogP) is 4.73. The number of hydrogen-bond donors (Lipinski definition) is 0. The van der Waals surface area contributed by atoms with Crippen molar-refractivity contribution in [1.82, 2.24) is 9.55 Å². The van der Waals surface area contributed by atoms with Gasteiger partial charge in [-0.15, -0.1) is 0 Å². The van der Waals surface area contributed by atoms with Crippen molar-refractivity contribution in [2.75, 3.05) is 6.61 Å². The lowest BCUT2D eigenvalue weighted by atomic mass is 10.2. The maximum atomic E-state index is 13.1. The normalized spacial score (nSPS) is 11.0. The van der Waals surface area contributed by atoms with Crippen LogP contribution in [0.1, 0.15) is 18.2 Å². The smallest absolute Gasteiger partial charge is 0.262 e. The van der Waals surface area contributed by atoms with E-state index in [1.165, 1.54) is 11.8 Å². The Hall–Kier alpha value is -2.99. The van der Waals surface area contributed by atoms with Gasteiger partial charge in [0.05, 0.1) is 30.3 Å². The van der Waals surface area contributed by atoms with Gasteiger partial charge in [-0.05, 0) is 37.3 Å². The van der Waals surface area contributed by atoms with E-state index in [1.807, 2.05) is 67.6 Å². The van der Waals surface area contributed by atoms with E-state index in [2.05, 4.69) is 0 Å². The van der Waals surface area contributed by atoms with Crippen LogP contribution >= 0.6 is 11.8 Å². The lowest BCUT2D eigenvalue weighted by molar-refractivity contribution is 0.337. The predicted molar refractivity (Wildman–Crippen MR) is 111 cm³/mol. The molecule has 0 aliphatic carbocycles. The number of rotatable bonds is 7. The number of aromatic nitrogens is 2. The number of hydrogen-bond acceptors (Lipinski definition) is 5. The molecular weight excluding hydrogens is 372 g/mol. The Labute approximate surface area is 167 Å². The number of thioether (sulfide) groups is 1. The van der Waals surface area contributed by atoms with Crippen LogP contribution in [0.2, 0.25) is 0 Å². The second kappa shape index (κ2) is 8.35. The van der Waals surface area contributed by atoms with Crippen molar-refractivity contribution in [2.45, 2.75) is 24.4 Å². The average molecular weight is 392 g/mol. The van der Waals surface area contributed by atoms with E-state index in [-0.39, 0.29) is 5.56 Å². The first-order valence-corrected chi connectivity index (χ1v) is 10.1. The summed E-state index contributed by atoms with van der Waals surface area (Å²) in [4.78, 5) is 17.9. The summed E-state index contributed by atoms with van der Waals surface area (Å²) < 4.78 is 12.8. The highest BCUT2D eigenvalue weighted by Gasteiger charge is 2.14. The summed E-state index contributed by atoms with van der Waals surface area (Å²) in [5, 5.41) is 1.26. The molecule has 0 aliphatic heterocycles. The van der Waals surface area contributed by atoms with Crippen LogP contribution in [0.25, 0.3) is 10.9 Å². The van der Waals surface area contributed by atoms with Gasteiger partial charge in [-0.1, -0.05) is 42.1 Å². The maximum Gasteiger partial charge on any atom is 0.262 e. The van der Waals surface area contributed by atoms with Gasteiger partial charge >= 0.3 is 0 Å². The standard InChI is InChI=1S/C22H20N2O3S/c1-2-26-20-12-6-3-8-16(20)15-28-22-23-19-11-5-4-10-18(19)21(25)24(22)14-17-9-7-13-27-17/h3-13H,2,14-15H2,1H3. The monoisotopic (exact) mass is 392 g/mol.